The van der Waals surface area contributed by atoms with Gasteiger partial charge in [0.15, 0.2) is 0 Å². The van der Waals surface area contributed by atoms with Crippen molar-refractivity contribution in [2.75, 3.05) is 26.2 Å². The topological polar surface area (TPSA) is 45.6 Å². The predicted octanol–water partition coefficient (Wildman–Crippen LogP) is 5.75. The maximum absolute atomic E-state index is 13.6. The van der Waals surface area contributed by atoms with Gasteiger partial charge in [0.05, 0.1) is 11.3 Å². The second-order valence-electron chi connectivity index (χ2n) is 9.99. The molecule has 0 atom stereocenters. The minimum absolute atomic E-state index is 0.00269. The van der Waals surface area contributed by atoms with Crippen molar-refractivity contribution in [3.8, 4) is 16.9 Å². The minimum atomic E-state index is -0.416. The lowest BCUT2D eigenvalue weighted by Gasteiger charge is -2.37. The van der Waals surface area contributed by atoms with Gasteiger partial charge >= 0.3 is 0 Å². The van der Waals surface area contributed by atoms with Crippen molar-refractivity contribution in [1.82, 2.24) is 14.4 Å². The summed E-state index contributed by atoms with van der Waals surface area (Å²) in [6.07, 6.45) is 0. The van der Waals surface area contributed by atoms with Crippen molar-refractivity contribution in [3.05, 3.63) is 76.4 Å². The normalized spacial score (nSPS) is 14.4. The number of halogens is 1. The highest BCUT2D eigenvalue weighted by molar-refractivity contribution is 6.30. The molecule has 2 aromatic carbocycles. The predicted molar refractivity (Wildman–Crippen MR) is 138 cm³/mol. The smallest absolute Gasteiger partial charge is 0.255 e. The van der Waals surface area contributed by atoms with Gasteiger partial charge in [-0.15, -0.1) is 0 Å². The van der Waals surface area contributed by atoms with Gasteiger partial charge < -0.3 is 14.4 Å². The number of amides is 2. The first kappa shape index (κ1) is 24.1. The fourth-order valence-corrected chi connectivity index (χ4v) is 4.66. The maximum Gasteiger partial charge on any atom is 0.255 e. The highest BCUT2D eigenvalue weighted by atomic mass is 35.5. The third kappa shape index (κ3) is 4.62. The average molecular weight is 478 g/mol. The van der Waals surface area contributed by atoms with E-state index in [9.17, 15) is 9.59 Å². The second-order valence-corrected chi connectivity index (χ2v) is 10.4. The first-order valence-electron chi connectivity index (χ1n) is 11.7. The standard InChI is InChI=1S/C28H32ClN3O2/c1-19-8-6-7-9-24(19)32-20(2)23(18-25(32)21-10-12-22(29)13-11-21)26(33)30-14-16-31(17-15-30)27(34)28(3,4)5/h6-13,18H,14-17H2,1-5H3. The van der Waals surface area contributed by atoms with Crippen molar-refractivity contribution >= 4 is 23.4 Å². The SMILES string of the molecule is Cc1ccccc1-n1c(-c2ccc(Cl)cc2)cc(C(=O)N2CCN(C(=O)C(C)(C)C)CC2)c1C. The molecule has 6 heteroatoms. The molecule has 0 unspecified atom stereocenters. The lowest BCUT2D eigenvalue weighted by molar-refractivity contribution is -0.140. The molecular weight excluding hydrogens is 446 g/mol. The van der Waals surface area contributed by atoms with Crippen LogP contribution in [0.4, 0.5) is 0 Å². The zero-order chi connectivity index (χ0) is 24.6. The highest BCUT2D eigenvalue weighted by Crippen LogP contribution is 2.32. The number of aryl methyl sites for hydroxylation is 1. The molecule has 34 heavy (non-hydrogen) atoms. The van der Waals surface area contributed by atoms with Crippen LogP contribution in [0.2, 0.25) is 5.02 Å². The average Bonchev–Trinajstić information content (AvgIpc) is 3.15. The van der Waals surface area contributed by atoms with Crippen molar-refractivity contribution in [1.29, 1.82) is 0 Å². The number of carbonyl (C=O) groups is 2. The van der Waals surface area contributed by atoms with Crippen LogP contribution in [-0.4, -0.2) is 52.4 Å². The van der Waals surface area contributed by atoms with E-state index in [4.69, 9.17) is 11.6 Å². The van der Waals surface area contributed by atoms with Crippen LogP contribution in [0.3, 0.4) is 0 Å². The van der Waals surface area contributed by atoms with E-state index in [2.05, 4.69) is 23.6 Å². The number of para-hydroxylation sites is 1. The summed E-state index contributed by atoms with van der Waals surface area (Å²) >= 11 is 6.14. The Morgan fingerprint density at radius 3 is 2.03 bits per heavy atom. The van der Waals surface area contributed by atoms with E-state index >= 15 is 0 Å². The summed E-state index contributed by atoms with van der Waals surface area (Å²) in [6.45, 7) is 12.1. The monoisotopic (exact) mass is 477 g/mol. The molecule has 1 aromatic heterocycles. The quantitative estimate of drug-likeness (QED) is 0.482. The second kappa shape index (κ2) is 9.30. The Morgan fingerprint density at radius 2 is 1.44 bits per heavy atom. The van der Waals surface area contributed by atoms with Crippen LogP contribution in [0, 0.1) is 19.3 Å². The number of piperazine rings is 1. The van der Waals surface area contributed by atoms with Gasteiger partial charge in [-0.3, -0.25) is 9.59 Å². The third-order valence-electron chi connectivity index (χ3n) is 6.47. The molecular formula is C28H32ClN3O2. The Labute approximate surface area is 206 Å². The zero-order valence-corrected chi connectivity index (χ0v) is 21.3. The molecule has 1 aliphatic heterocycles. The van der Waals surface area contributed by atoms with Crippen LogP contribution in [0.15, 0.2) is 54.6 Å². The van der Waals surface area contributed by atoms with Crippen LogP contribution >= 0.6 is 11.6 Å². The summed E-state index contributed by atoms with van der Waals surface area (Å²) in [4.78, 5) is 30.0. The first-order chi connectivity index (χ1) is 16.1. The number of nitrogens with zero attached hydrogens (tertiary/aromatic N) is 3. The van der Waals surface area contributed by atoms with Gasteiger partial charge in [0.1, 0.15) is 0 Å². The van der Waals surface area contributed by atoms with Gasteiger partial charge in [-0.1, -0.05) is 62.7 Å². The van der Waals surface area contributed by atoms with E-state index in [1.165, 1.54) is 0 Å². The van der Waals surface area contributed by atoms with Crippen LogP contribution in [-0.2, 0) is 4.79 Å². The molecule has 0 aliphatic carbocycles. The summed E-state index contributed by atoms with van der Waals surface area (Å²) in [6, 6.07) is 17.9. The summed E-state index contributed by atoms with van der Waals surface area (Å²) in [5, 5.41) is 0.674. The zero-order valence-electron chi connectivity index (χ0n) is 20.6. The summed E-state index contributed by atoms with van der Waals surface area (Å²) in [5.74, 6) is 0.134. The molecule has 0 N–H and O–H groups in total. The van der Waals surface area contributed by atoms with Crippen LogP contribution in [0.5, 0.6) is 0 Å². The lowest BCUT2D eigenvalue weighted by Crippen LogP contribution is -2.53. The van der Waals surface area contributed by atoms with E-state index in [1.54, 1.807) is 0 Å². The van der Waals surface area contributed by atoms with Gasteiger partial charge in [0.2, 0.25) is 5.91 Å². The Morgan fingerprint density at radius 1 is 0.853 bits per heavy atom. The number of benzene rings is 2. The number of hydrogen-bond acceptors (Lipinski definition) is 2. The number of hydrogen-bond donors (Lipinski definition) is 0. The molecule has 2 amide bonds. The van der Waals surface area contributed by atoms with Crippen LogP contribution < -0.4 is 0 Å². The molecule has 1 fully saturated rings. The number of rotatable bonds is 3. The number of carbonyl (C=O) groups excluding carboxylic acids is 2. The van der Waals surface area contributed by atoms with Crippen molar-refractivity contribution in [2.24, 2.45) is 5.41 Å². The van der Waals surface area contributed by atoms with Crippen LogP contribution in [0.25, 0.3) is 16.9 Å². The molecule has 4 rings (SSSR count). The van der Waals surface area contributed by atoms with Gasteiger partial charge in [-0.05, 0) is 49.2 Å². The molecule has 178 valence electrons. The molecule has 0 saturated carbocycles. The van der Waals surface area contributed by atoms with E-state index in [-0.39, 0.29) is 11.8 Å². The highest BCUT2D eigenvalue weighted by Gasteiger charge is 2.32. The molecule has 5 nitrogen and oxygen atoms in total. The molecule has 2 heterocycles. The van der Waals surface area contributed by atoms with Gasteiger partial charge in [0.25, 0.3) is 5.91 Å². The first-order valence-corrected chi connectivity index (χ1v) is 12.1. The molecule has 1 saturated heterocycles. The minimum Gasteiger partial charge on any atom is -0.339 e. The van der Waals surface area contributed by atoms with Crippen molar-refractivity contribution in [2.45, 2.75) is 34.6 Å². The Balaban J connectivity index is 1.69. The van der Waals surface area contributed by atoms with Gasteiger partial charge in [-0.25, -0.2) is 0 Å². The largest absolute Gasteiger partial charge is 0.339 e. The molecule has 0 bridgehead atoms. The van der Waals surface area contributed by atoms with Gasteiger partial charge in [0, 0.05) is 48.0 Å². The fourth-order valence-electron chi connectivity index (χ4n) is 4.54. The summed E-state index contributed by atoms with van der Waals surface area (Å²) in [5.41, 5.74) is 5.29. The molecule has 0 radical (unpaired) electrons. The Kier molecular flexibility index (Phi) is 6.59. The summed E-state index contributed by atoms with van der Waals surface area (Å²) < 4.78 is 2.16. The van der Waals surface area contributed by atoms with E-state index < -0.39 is 5.41 Å². The third-order valence-corrected chi connectivity index (χ3v) is 6.72. The molecule has 1 aliphatic rings. The van der Waals surface area contributed by atoms with E-state index in [0.717, 1.165) is 28.2 Å². The van der Waals surface area contributed by atoms with Gasteiger partial charge in [-0.2, -0.15) is 0 Å². The maximum atomic E-state index is 13.6. The molecule has 3 aromatic rings. The Bertz CT molecular complexity index is 1210. The van der Waals surface area contributed by atoms with Crippen molar-refractivity contribution in [3.63, 3.8) is 0 Å². The molecule has 0 spiro atoms. The van der Waals surface area contributed by atoms with E-state index in [0.29, 0.717) is 36.8 Å². The van der Waals surface area contributed by atoms with Crippen molar-refractivity contribution < 1.29 is 9.59 Å². The summed E-state index contributed by atoms with van der Waals surface area (Å²) in [7, 11) is 0. The fraction of sp³-hybridized carbons (Fsp3) is 0.357. The Hall–Kier alpha value is -3.05. The number of aromatic nitrogens is 1. The van der Waals surface area contributed by atoms with E-state index in [1.807, 2.05) is 80.0 Å². The van der Waals surface area contributed by atoms with Crippen LogP contribution in [0.1, 0.15) is 42.4 Å². The lowest BCUT2D eigenvalue weighted by atomic mass is 9.94.